The molecule has 0 saturated heterocycles. The summed E-state index contributed by atoms with van der Waals surface area (Å²) in [6.07, 6.45) is 0.927. The molecule has 2 aromatic heterocycles. The summed E-state index contributed by atoms with van der Waals surface area (Å²) in [5.74, 6) is 1.33. The van der Waals surface area contributed by atoms with Crippen molar-refractivity contribution >= 4 is 23.2 Å². The second-order valence-electron chi connectivity index (χ2n) is 5.94. The Morgan fingerprint density at radius 2 is 2.17 bits per heavy atom. The van der Waals surface area contributed by atoms with Crippen LogP contribution in [0.4, 0.5) is 0 Å². The van der Waals surface area contributed by atoms with Crippen LogP contribution in [0.3, 0.4) is 0 Å². The fraction of sp³-hybridized carbons (Fsp3) is 0.500. The van der Waals surface area contributed by atoms with Crippen LogP contribution in [-0.4, -0.2) is 33.5 Å². The third-order valence-corrected chi connectivity index (χ3v) is 4.21. The van der Waals surface area contributed by atoms with Gasteiger partial charge in [-0.3, -0.25) is 14.7 Å². The van der Waals surface area contributed by atoms with E-state index in [1.165, 1.54) is 11.3 Å². The Morgan fingerprint density at radius 3 is 2.75 bits per heavy atom. The third kappa shape index (κ3) is 5.16. The summed E-state index contributed by atoms with van der Waals surface area (Å²) in [5, 5.41) is 16.4. The molecule has 0 aliphatic carbocycles. The zero-order valence-electron chi connectivity index (χ0n) is 14.1. The van der Waals surface area contributed by atoms with Gasteiger partial charge >= 0.3 is 0 Å². The molecule has 0 aromatic carbocycles. The molecule has 0 bridgehead atoms. The van der Waals surface area contributed by atoms with Gasteiger partial charge in [0, 0.05) is 23.9 Å². The van der Waals surface area contributed by atoms with E-state index in [2.05, 4.69) is 25.8 Å². The zero-order valence-corrected chi connectivity index (χ0v) is 14.9. The molecule has 0 unspecified atom stereocenters. The van der Waals surface area contributed by atoms with Crippen LogP contribution in [0.5, 0.6) is 0 Å². The molecule has 130 valence electrons. The van der Waals surface area contributed by atoms with Crippen LogP contribution in [0, 0.1) is 12.8 Å². The number of H-pyrrole nitrogens is 1. The van der Waals surface area contributed by atoms with Gasteiger partial charge in [0.25, 0.3) is 5.91 Å². The van der Waals surface area contributed by atoms with E-state index in [0.29, 0.717) is 30.8 Å². The van der Waals surface area contributed by atoms with Crippen molar-refractivity contribution in [3.8, 4) is 0 Å². The van der Waals surface area contributed by atoms with Gasteiger partial charge in [-0.1, -0.05) is 13.8 Å². The number of aryl methyl sites for hydroxylation is 1. The molecular formula is C16H23N5O2S. The molecule has 3 N–H and O–H groups in total. The highest BCUT2D eigenvalue weighted by molar-refractivity contribution is 7.08. The molecule has 1 atom stereocenters. The molecule has 2 heterocycles. The minimum absolute atomic E-state index is 0.0686. The van der Waals surface area contributed by atoms with Gasteiger partial charge in [0.2, 0.25) is 5.91 Å². The van der Waals surface area contributed by atoms with Crippen LogP contribution in [0.2, 0.25) is 0 Å². The van der Waals surface area contributed by atoms with Gasteiger partial charge in [0.15, 0.2) is 5.82 Å². The Kier molecular flexibility index (Phi) is 6.48. The standard InChI is InChI=1S/C16H23N5O2S/c1-10(2)14(15-18-11(3)20-21-15)19-13(22)5-4-7-17-16(23)12-6-8-24-9-12/h6,8-10,14H,4-5,7H2,1-3H3,(H,17,23)(H,19,22)(H,18,20,21)/t14-/m1/s1. The lowest BCUT2D eigenvalue weighted by atomic mass is 10.0. The number of hydrogen-bond donors (Lipinski definition) is 3. The van der Waals surface area contributed by atoms with Gasteiger partial charge in [-0.2, -0.15) is 16.4 Å². The molecule has 2 rings (SSSR count). The SMILES string of the molecule is Cc1nc([C@H](NC(=O)CCCNC(=O)c2ccsc2)C(C)C)n[nH]1. The molecule has 0 spiro atoms. The van der Waals surface area contributed by atoms with E-state index in [9.17, 15) is 9.59 Å². The van der Waals surface area contributed by atoms with Crippen LogP contribution >= 0.6 is 11.3 Å². The molecule has 0 saturated carbocycles. The summed E-state index contributed by atoms with van der Waals surface area (Å²) < 4.78 is 0. The normalized spacial score (nSPS) is 12.2. The topological polar surface area (TPSA) is 99.8 Å². The molecule has 0 radical (unpaired) electrons. The van der Waals surface area contributed by atoms with E-state index in [-0.39, 0.29) is 23.8 Å². The number of nitrogens with one attached hydrogen (secondary N) is 3. The largest absolute Gasteiger partial charge is 0.352 e. The van der Waals surface area contributed by atoms with E-state index in [1.54, 1.807) is 11.4 Å². The van der Waals surface area contributed by atoms with Gasteiger partial charge < -0.3 is 10.6 Å². The molecule has 24 heavy (non-hydrogen) atoms. The van der Waals surface area contributed by atoms with Crippen molar-refractivity contribution in [3.05, 3.63) is 34.0 Å². The monoisotopic (exact) mass is 349 g/mol. The van der Waals surface area contributed by atoms with Gasteiger partial charge in [0.05, 0.1) is 6.04 Å². The first-order chi connectivity index (χ1) is 11.5. The highest BCUT2D eigenvalue weighted by atomic mass is 32.1. The Balaban J connectivity index is 1.74. The highest BCUT2D eigenvalue weighted by Gasteiger charge is 2.22. The van der Waals surface area contributed by atoms with E-state index >= 15 is 0 Å². The lowest BCUT2D eigenvalue weighted by molar-refractivity contribution is -0.122. The minimum atomic E-state index is -0.220. The predicted molar refractivity (Wildman–Crippen MR) is 92.7 cm³/mol. The van der Waals surface area contributed by atoms with Gasteiger partial charge in [-0.15, -0.1) is 0 Å². The summed E-state index contributed by atoms with van der Waals surface area (Å²) in [6.45, 7) is 6.31. The Morgan fingerprint density at radius 1 is 1.38 bits per heavy atom. The number of aromatic nitrogens is 3. The van der Waals surface area contributed by atoms with Gasteiger partial charge in [0.1, 0.15) is 5.82 Å². The van der Waals surface area contributed by atoms with Crippen LogP contribution < -0.4 is 10.6 Å². The number of nitrogens with zero attached hydrogens (tertiary/aromatic N) is 2. The number of thiophene rings is 1. The predicted octanol–water partition coefficient (Wildman–Crippen LogP) is 2.20. The van der Waals surface area contributed by atoms with Crippen LogP contribution in [0.1, 0.15) is 54.7 Å². The first-order valence-corrected chi connectivity index (χ1v) is 8.90. The molecule has 2 aromatic rings. The van der Waals surface area contributed by atoms with Crippen LogP contribution in [-0.2, 0) is 4.79 Å². The van der Waals surface area contributed by atoms with Crippen molar-refractivity contribution in [2.45, 2.75) is 39.7 Å². The van der Waals surface area contributed by atoms with E-state index in [4.69, 9.17) is 0 Å². The summed E-state index contributed by atoms with van der Waals surface area (Å²) in [5.41, 5.74) is 0.657. The number of carbonyl (C=O) groups is 2. The fourth-order valence-electron chi connectivity index (χ4n) is 2.22. The summed E-state index contributed by atoms with van der Waals surface area (Å²) >= 11 is 1.48. The molecular weight excluding hydrogens is 326 g/mol. The van der Waals surface area contributed by atoms with Crippen molar-refractivity contribution in [2.24, 2.45) is 5.92 Å². The third-order valence-electron chi connectivity index (χ3n) is 3.53. The molecule has 0 aliphatic rings. The fourth-order valence-corrected chi connectivity index (χ4v) is 2.86. The van der Waals surface area contributed by atoms with Crippen LogP contribution in [0.15, 0.2) is 16.8 Å². The first kappa shape index (κ1) is 18.1. The lowest BCUT2D eigenvalue weighted by Gasteiger charge is -2.19. The van der Waals surface area contributed by atoms with Crippen molar-refractivity contribution in [2.75, 3.05) is 6.54 Å². The summed E-state index contributed by atoms with van der Waals surface area (Å²) in [7, 11) is 0. The summed E-state index contributed by atoms with van der Waals surface area (Å²) in [6, 6.07) is 1.56. The smallest absolute Gasteiger partial charge is 0.252 e. The average molecular weight is 349 g/mol. The average Bonchev–Trinajstić information content (AvgIpc) is 3.20. The molecule has 0 aliphatic heterocycles. The first-order valence-electron chi connectivity index (χ1n) is 7.96. The zero-order chi connectivity index (χ0) is 17.5. The van der Waals surface area contributed by atoms with Crippen molar-refractivity contribution < 1.29 is 9.59 Å². The van der Waals surface area contributed by atoms with E-state index in [0.717, 1.165) is 5.82 Å². The minimum Gasteiger partial charge on any atom is -0.352 e. The van der Waals surface area contributed by atoms with Crippen molar-refractivity contribution in [1.29, 1.82) is 0 Å². The van der Waals surface area contributed by atoms with Gasteiger partial charge in [-0.05, 0) is 30.7 Å². The molecule has 7 nitrogen and oxygen atoms in total. The number of carbonyl (C=O) groups excluding carboxylic acids is 2. The maximum atomic E-state index is 12.1. The maximum absolute atomic E-state index is 12.1. The number of aromatic amines is 1. The quantitative estimate of drug-likeness (QED) is 0.636. The second-order valence-corrected chi connectivity index (χ2v) is 6.72. The van der Waals surface area contributed by atoms with E-state index < -0.39 is 0 Å². The molecule has 8 heteroatoms. The van der Waals surface area contributed by atoms with Crippen molar-refractivity contribution in [3.63, 3.8) is 0 Å². The van der Waals surface area contributed by atoms with Crippen molar-refractivity contribution in [1.82, 2.24) is 25.8 Å². The highest BCUT2D eigenvalue weighted by Crippen LogP contribution is 2.18. The van der Waals surface area contributed by atoms with E-state index in [1.807, 2.05) is 26.2 Å². The Hall–Kier alpha value is -2.22. The number of hydrogen-bond acceptors (Lipinski definition) is 5. The maximum Gasteiger partial charge on any atom is 0.252 e. The van der Waals surface area contributed by atoms with Crippen LogP contribution in [0.25, 0.3) is 0 Å². The Bertz CT molecular complexity index is 666. The molecule has 2 amide bonds. The summed E-state index contributed by atoms with van der Waals surface area (Å²) in [4.78, 5) is 28.2. The lowest BCUT2D eigenvalue weighted by Crippen LogP contribution is -2.33. The number of amides is 2. The second kappa shape index (κ2) is 8.58. The Labute approximate surface area is 145 Å². The molecule has 0 fully saturated rings. The van der Waals surface area contributed by atoms with Gasteiger partial charge in [-0.25, -0.2) is 4.98 Å². The number of rotatable bonds is 8.